The van der Waals surface area contributed by atoms with E-state index in [0.29, 0.717) is 18.7 Å². The molecule has 1 aliphatic rings. The van der Waals surface area contributed by atoms with Crippen molar-refractivity contribution in [2.45, 2.75) is 52.2 Å². The minimum Gasteiger partial charge on any atom is -0.336 e. The minimum atomic E-state index is -0.229. The van der Waals surface area contributed by atoms with Gasteiger partial charge in [0, 0.05) is 26.1 Å². The summed E-state index contributed by atoms with van der Waals surface area (Å²) in [5, 5.41) is 8.97. The molecule has 0 bridgehead atoms. The second kappa shape index (κ2) is 8.91. The SMILES string of the molecule is CC(=O)N1CCc2ccccc2C1CC(=O)N(Cc1ccc(C#N)cc1)C(C)C. The average Bonchev–Trinajstić information content (AvgIpc) is 2.72. The molecular formula is C24H27N3O2. The summed E-state index contributed by atoms with van der Waals surface area (Å²) >= 11 is 0. The van der Waals surface area contributed by atoms with Crippen LogP contribution in [0.15, 0.2) is 48.5 Å². The lowest BCUT2D eigenvalue weighted by molar-refractivity contribution is -0.138. The van der Waals surface area contributed by atoms with Crippen LogP contribution >= 0.6 is 0 Å². The molecule has 0 N–H and O–H groups in total. The van der Waals surface area contributed by atoms with E-state index in [9.17, 15) is 9.59 Å². The Morgan fingerprint density at radius 1 is 1.17 bits per heavy atom. The second-order valence-electron chi connectivity index (χ2n) is 7.81. The summed E-state index contributed by atoms with van der Waals surface area (Å²) in [6, 6.07) is 17.3. The van der Waals surface area contributed by atoms with Gasteiger partial charge in [0.05, 0.1) is 24.1 Å². The molecule has 0 radical (unpaired) electrons. The van der Waals surface area contributed by atoms with E-state index in [-0.39, 0.29) is 30.3 Å². The Balaban J connectivity index is 1.82. The van der Waals surface area contributed by atoms with Crippen molar-refractivity contribution in [1.29, 1.82) is 5.26 Å². The predicted octanol–water partition coefficient (Wildman–Crippen LogP) is 3.83. The second-order valence-corrected chi connectivity index (χ2v) is 7.81. The average molecular weight is 389 g/mol. The van der Waals surface area contributed by atoms with Gasteiger partial charge in [-0.2, -0.15) is 5.26 Å². The molecule has 0 saturated heterocycles. The first-order chi connectivity index (χ1) is 13.9. The lowest BCUT2D eigenvalue weighted by Gasteiger charge is -2.38. The normalized spacial score (nSPS) is 15.6. The number of nitrogens with zero attached hydrogens (tertiary/aromatic N) is 3. The first-order valence-corrected chi connectivity index (χ1v) is 10.0. The van der Waals surface area contributed by atoms with Crippen molar-refractivity contribution in [3.8, 4) is 6.07 Å². The van der Waals surface area contributed by atoms with Gasteiger partial charge in [-0.05, 0) is 49.1 Å². The molecule has 0 spiro atoms. The van der Waals surface area contributed by atoms with Crippen LogP contribution in [0.2, 0.25) is 0 Å². The van der Waals surface area contributed by atoms with E-state index in [1.165, 1.54) is 5.56 Å². The van der Waals surface area contributed by atoms with E-state index in [4.69, 9.17) is 5.26 Å². The highest BCUT2D eigenvalue weighted by molar-refractivity contribution is 5.80. The summed E-state index contributed by atoms with van der Waals surface area (Å²) in [7, 11) is 0. The van der Waals surface area contributed by atoms with Gasteiger partial charge in [-0.25, -0.2) is 0 Å². The molecule has 5 heteroatoms. The fraction of sp³-hybridized carbons (Fsp3) is 0.375. The van der Waals surface area contributed by atoms with Gasteiger partial charge in [0.2, 0.25) is 11.8 Å². The largest absolute Gasteiger partial charge is 0.336 e. The summed E-state index contributed by atoms with van der Waals surface area (Å²) in [6.45, 7) is 6.69. The molecule has 0 fully saturated rings. The minimum absolute atomic E-state index is 0.000456. The van der Waals surface area contributed by atoms with Gasteiger partial charge in [-0.15, -0.1) is 0 Å². The molecule has 0 saturated carbocycles. The van der Waals surface area contributed by atoms with E-state index in [1.807, 2.05) is 54.0 Å². The third-order valence-electron chi connectivity index (χ3n) is 5.56. The van der Waals surface area contributed by atoms with Crippen molar-refractivity contribution >= 4 is 11.8 Å². The number of amides is 2. The van der Waals surface area contributed by atoms with Crippen LogP contribution in [-0.4, -0.2) is 34.2 Å². The molecule has 5 nitrogen and oxygen atoms in total. The quantitative estimate of drug-likeness (QED) is 0.781. The van der Waals surface area contributed by atoms with Crippen molar-refractivity contribution in [3.63, 3.8) is 0 Å². The Kier molecular flexibility index (Phi) is 6.33. The zero-order valence-electron chi connectivity index (χ0n) is 17.3. The Morgan fingerprint density at radius 3 is 2.48 bits per heavy atom. The van der Waals surface area contributed by atoms with Crippen LogP contribution in [0.4, 0.5) is 0 Å². The molecule has 1 aliphatic heterocycles. The van der Waals surface area contributed by atoms with E-state index in [2.05, 4.69) is 12.1 Å². The highest BCUT2D eigenvalue weighted by Crippen LogP contribution is 2.33. The van der Waals surface area contributed by atoms with E-state index in [0.717, 1.165) is 17.5 Å². The maximum absolute atomic E-state index is 13.3. The number of nitriles is 1. The standard InChI is InChI=1S/C24H27N3O2/c1-17(2)27(16-20-10-8-19(15-25)9-11-20)24(29)14-23-22-7-5-4-6-21(22)12-13-26(23)18(3)28/h4-11,17,23H,12-14,16H2,1-3H3. The van der Waals surface area contributed by atoms with E-state index in [1.54, 1.807) is 19.1 Å². The third-order valence-corrected chi connectivity index (χ3v) is 5.56. The number of hydrogen-bond donors (Lipinski definition) is 0. The number of fused-ring (bicyclic) bond motifs is 1. The lowest BCUT2D eigenvalue weighted by Crippen LogP contribution is -2.43. The topological polar surface area (TPSA) is 64.4 Å². The van der Waals surface area contributed by atoms with Crippen molar-refractivity contribution in [2.75, 3.05) is 6.54 Å². The van der Waals surface area contributed by atoms with Crippen molar-refractivity contribution in [2.24, 2.45) is 0 Å². The first kappa shape index (κ1) is 20.6. The van der Waals surface area contributed by atoms with Gasteiger partial charge in [0.1, 0.15) is 0 Å². The molecular weight excluding hydrogens is 362 g/mol. The first-order valence-electron chi connectivity index (χ1n) is 10.0. The maximum atomic E-state index is 13.3. The molecule has 29 heavy (non-hydrogen) atoms. The highest BCUT2D eigenvalue weighted by Gasteiger charge is 2.32. The Hall–Kier alpha value is -3.13. The number of benzene rings is 2. The van der Waals surface area contributed by atoms with Crippen LogP contribution in [0.1, 0.15) is 55.5 Å². The molecule has 1 atom stereocenters. The predicted molar refractivity (Wildman–Crippen MR) is 112 cm³/mol. The molecule has 1 heterocycles. The molecule has 2 amide bonds. The molecule has 2 aromatic carbocycles. The fourth-order valence-corrected chi connectivity index (χ4v) is 3.97. The Morgan fingerprint density at radius 2 is 1.86 bits per heavy atom. The molecule has 2 aromatic rings. The van der Waals surface area contributed by atoms with Crippen molar-refractivity contribution in [3.05, 3.63) is 70.8 Å². The van der Waals surface area contributed by atoms with Gasteiger partial charge < -0.3 is 9.80 Å². The zero-order valence-corrected chi connectivity index (χ0v) is 17.3. The summed E-state index contributed by atoms with van der Waals surface area (Å²) in [5.41, 5.74) is 3.88. The fourth-order valence-electron chi connectivity index (χ4n) is 3.97. The summed E-state index contributed by atoms with van der Waals surface area (Å²) in [5.74, 6) is 0.0257. The van der Waals surface area contributed by atoms with Gasteiger partial charge >= 0.3 is 0 Å². The van der Waals surface area contributed by atoms with Crippen molar-refractivity contribution < 1.29 is 9.59 Å². The number of hydrogen-bond acceptors (Lipinski definition) is 3. The molecule has 3 rings (SSSR count). The zero-order chi connectivity index (χ0) is 21.0. The van der Waals surface area contributed by atoms with Crippen LogP contribution in [-0.2, 0) is 22.6 Å². The third kappa shape index (κ3) is 4.65. The van der Waals surface area contributed by atoms with E-state index >= 15 is 0 Å². The molecule has 0 aromatic heterocycles. The van der Waals surface area contributed by atoms with Crippen LogP contribution in [0.5, 0.6) is 0 Å². The monoisotopic (exact) mass is 389 g/mol. The number of carbonyl (C=O) groups is 2. The van der Waals surface area contributed by atoms with Crippen molar-refractivity contribution in [1.82, 2.24) is 9.80 Å². The smallest absolute Gasteiger partial charge is 0.225 e. The van der Waals surface area contributed by atoms with Crippen LogP contribution in [0, 0.1) is 11.3 Å². The Labute approximate surface area is 172 Å². The summed E-state index contributed by atoms with van der Waals surface area (Å²) < 4.78 is 0. The van der Waals surface area contributed by atoms with E-state index < -0.39 is 0 Å². The lowest BCUT2D eigenvalue weighted by atomic mass is 9.90. The molecule has 0 aliphatic carbocycles. The van der Waals surface area contributed by atoms with Crippen LogP contribution in [0.25, 0.3) is 0 Å². The number of rotatable bonds is 5. The van der Waals surface area contributed by atoms with Crippen LogP contribution in [0.3, 0.4) is 0 Å². The molecule has 1 unspecified atom stereocenters. The summed E-state index contributed by atoms with van der Waals surface area (Å²) in [6.07, 6.45) is 1.09. The van der Waals surface area contributed by atoms with Gasteiger partial charge in [-0.1, -0.05) is 36.4 Å². The molecule has 150 valence electrons. The van der Waals surface area contributed by atoms with Gasteiger partial charge in [0.25, 0.3) is 0 Å². The highest BCUT2D eigenvalue weighted by atomic mass is 16.2. The van der Waals surface area contributed by atoms with Gasteiger partial charge in [-0.3, -0.25) is 9.59 Å². The number of carbonyl (C=O) groups excluding carboxylic acids is 2. The van der Waals surface area contributed by atoms with Gasteiger partial charge in [0.15, 0.2) is 0 Å². The summed E-state index contributed by atoms with van der Waals surface area (Å²) in [4.78, 5) is 29.2. The maximum Gasteiger partial charge on any atom is 0.225 e. The Bertz CT molecular complexity index is 928. The van der Waals surface area contributed by atoms with Crippen LogP contribution < -0.4 is 0 Å².